The highest BCUT2D eigenvalue weighted by Crippen LogP contribution is 2.34. The molecule has 1 N–H and O–H groups in total. The number of benzene rings is 1. The zero-order valence-corrected chi connectivity index (χ0v) is 9.28. The molecule has 0 saturated carbocycles. The van der Waals surface area contributed by atoms with Crippen LogP contribution in [0.4, 0.5) is 18.9 Å². The lowest BCUT2D eigenvalue weighted by atomic mass is 10.1. The summed E-state index contributed by atoms with van der Waals surface area (Å²) in [7, 11) is 0. The summed E-state index contributed by atoms with van der Waals surface area (Å²) in [5.74, 6) is 0. The number of anilines is 1. The SMILES string of the molecule is FC(F)(F)c1ccccc1NCc1cnccn1. The van der Waals surface area contributed by atoms with Gasteiger partial charge in [0.15, 0.2) is 0 Å². The number of aromatic nitrogens is 2. The lowest BCUT2D eigenvalue weighted by Crippen LogP contribution is -2.11. The Labute approximate surface area is 102 Å². The van der Waals surface area contributed by atoms with Crippen molar-refractivity contribution in [2.75, 3.05) is 5.32 Å². The third kappa shape index (κ3) is 2.97. The second-order valence-corrected chi connectivity index (χ2v) is 3.59. The van der Waals surface area contributed by atoms with Crippen molar-refractivity contribution in [2.45, 2.75) is 12.7 Å². The van der Waals surface area contributed by atoms with E-state index in [1.165, 1.54) is 30.7 Å². The lowest BCUT2D eigenvalue weighted by molar-refractivity contribution is -0.136. The smallest absolute Gasteiger partial charge is 0.379 e. The number of alkyl halides is 3. The van der Waals surface area contributed by atoms with E-state index in [9.17, 15) is 13.2 Å². The minimum atomic E-state index is -4.37. The minimum Gasteiger partial charge on any atom is -0.379 e. The molecule has 18 heavy (non-hydrogen) atoms. The normalized spacial score (nSPS) is 11.3. The quantitative estimate of drug-likeness (QED) is 0.913. The van der Waals surface area contributed by atoms with Crippen LogP contribution in [0.25, 0.3) is 0 Å². The van der Waals surface area contributed by atoms with Crippen LogP contribution in [-0.4, -0.2) is 9.97 Å². The van der Waals surface area contributed by atoms with Gasteiger partial charge in [0, 0.05) is 18.1 Å². The van der Waals surface area contributed by atoms with Crippen LogP contribution in [-0.2, 0) is 12.7 Å². The standard InChI is InChI=1S/C12H10F3N3/c13-12(14,15)10-3-1-2-4-11(10)18-8-9-7-16-5-6-17-9/h1-7,18H,8H2. The molecule has 2 rings (SSSR count). The Morgan fingerprint density at radius 2 is 1.89 bits per heavy atom. The summed E-state index contributed by atoms with van der Waals surface area (Å²) in [6.45, 7) is 0.195. The van der Waals surface area contributed by atoms with Crippen LogP contribution >= 0.6 is 0 Å². The van der Waals surface area contributed by atoms with Gasteiger partial charge in [-0.2, -0.15) is 13.2 Å². The first-order chi connectivity index (χ1) is 8.57. The molecule has 0 spiro atoms. The molecule has 0 aliphatic rings. The summed E-state index contributed by atoms with van der Waals surface area (Å²) < 4.78 is 38.1. The molecule has 0 saturated heterocycles. The van der Waals surface area contributed by atoms with Crippen LogP contribution in [0.15, 0.2) is 42.9 Å². The number of nitrogens with zero attached hydrogens (tertiary/aromatic N) is 2. The van der Waals surface area contributed by atoms with E-state index in [-0.39, 0.29) is 12.2 Å². The molecule has 94 valence electrons. The maximum Gasteiger partial charge on any atom is 0.418 e. The molecule has 0 aliphatic heterocycles. The van der Waals surface area contributed by atoms with Gasteiger partial charge in [0.2, 0.25) is 0 Å². The highest BCUT2D eigenvalue weighted by atomic mass is 19.4. The van der Waals surface area contributed by atoms with Crippen molar-refractivity contribution in [2.24, 2.45) is 0 Å². The van der Waals surface area contributed by atoms with Crippen molar-refractivity contribution < 1.29 is 13.2 Å². The summed E-state index contributed by atoms with van der Waals surface area (Å²) in [6, 6.07) is 5.34. The van der Waals surface area contributed by atoms with Gasteiger partial charge in [-0.15, -0.1) is 0 Å². The number of halogens is 3. The van der Waals surface area contributed by atoms with Gasteiger partial charge in [0.05, 0.1) is 24.0 Å². The van der Waals surface area contributed by atoms with Gasteiger partial charge in [-0.3, -0.25) is 9.97 Å². The van der Waals surface area contributed by atoms with Crippen LogP contribution in [0.5, 0.6) is 0 Å². The van der Waals surface area contributed by atoms with Gasteiger partial charge in [-0.1, -0.05) is 12.1 Å². The van der Waals surface area contributed by atoms with Crippen LogP contribution < -0.4 is 5.32 Å². The van der Waals surface area contributed by atoms with Gasteiger partial charge in [0.1, 0.15) is 0 Å². The topological polar surface area (TPSA) is 37.8 Å². The molecule has 3 nitrogen and oxygen atoms in total. The molecule has 0 aliphatic carbocycles. The molecule has 0 unspecified atom stereocenters. The number of rotatable bonds is 3. The van der Waals surface area contributed by atoms with E-state index < -0.39 is 11.7 Å². The van der Waals surface area contributed by atoms with Crippen molar-refractivity contribution >= 4 is 5.69 Å². The van der Waals surface area contributed by atoms with Gasteiger partial charge < -0.3 is 5.32 Å². The van der Waals surface area contributed by atoms with E-state index in [1.54, 1.807) is 6.07 Å². The van der Waals surface area contributed by atoms with E-state index in [2.05, 4.69) is 15.3 Å². The first-order valence-corrected chi connectivity index (χ1v) is 5.22. The Hall–Kier alpha value is -2.11. The van der Waals surface area contributed by atoms with Crippen molar-refractivity contribution in [1.82, 2.24) is 9.97 Å². The zero-order chi connectivity index (χ0) is 13.0. The predicted molar refractivity (Wildman–Crippen MR) is 60.8 cm³/mol. The third-order valence-corrected chi connectivity index (χ3v) is 2.31. The highest BCUT2D eigenvalue weighted by molar-refractivity contribution is 5.52. The van der Waals surface area contributed by atoms with Crippen LogP contribution in [0.3, 0.4) is 0 Å². The fourth-order valence-corrected chi connectivity index (χ4v) is 1.49. The second kappa shape index (κ2) is 5.03. The van der Waals surface area contributed by atoms with E-state index in [4.69, 9.17) is 0 Å². The van der Waals surface area contributed by atoms with Gasteiger partial charge in [0.25, 0.3) is 0 Å². The van der Waals surface area contributed by atoms with E-state index in [0.29, 0.717) is 5.69 Å². The third-order valence-electron chi connectivity index (χ3n) is 2.31. The largest absolute Gasteiger partial charge is 0.418 e. The average Bonchev–Trinajstić information content (AvgIpc) is 2.37. The minimum absolute atomic E-state index is 0.0376. The molecule has 1 aromatic heterocycles. The summed E-state index contributed by atoms with van der Waals surface area (Å²) in [5.41, 5.74) is -0.0704. The lowest BCUT2D eigenvalue weighted by Gasteiger charge is -2.13. The van der Waals surface area contributed by atoms with Gasteiger partial charge in [-0.25, -0.2) is 0 Å². The fraction of sp³-hybridized carbons (Fsp3) is 0.167. The summed E-state index contributed by atoms with van der Waals surface area (Å²) in [6.07, 6.45) is 0.134. The molecule has 0 atom stereocenters. The Kier molecular flexibility index (Phi) is 3.45. The fourth-order valence-electron chi connectivity index (χ4n) is 1.49. The number of nitrogens with one attached hydrogen (secondary N) is 1. The van der Waals surface area contributed by atoms with Crippen molar-refractivity contribution in [3.8, 4) is 0 Å². The van der Waals surface area contributed by atoms with E-state index in [0.717, 1.165) is 6.07 Å². The molecule has 0 amide bonds. The summed E-state index contributed by atoms with van der Waals surface area (Å²) in [4.78, 5) is 7.82. The first kappa shape index (κ1) is 12.3. The molecule has 0 radical (unpaired) electrons. The predicted octanol–water partition coefficient (Wildman–Crippen LogP) is 3.11. The summed E-state index contributed by atoms with van der Waals surface area (Å²) in [5, 5.41) is 2.71. The zero-order valence-electron chi connectivity index (χ0n) is 9.28. The highest BCUT2D eigenvalue weighted by Gasteiger charge is 2.32. The number of hydrogen-bond donors (Lipinski definition) is 1. The van der Waals surface area contributed by atoms with Crippen molar-refractivity contribution in [3.05, 3.63) is 54.1 Å². The molecule has 0 bridgehead atoms. The Bertz CT molecular complexity index is 511. The van der Waals surface area contributed by atoms with Crippen LogP contribution in [0.1, 0.15) is 11.3 Å². The first-order valence-electron chi connectivity index (χ1n) is 5.22. The molecule has 6 heteroatoms. The van der Waals surface area contributed by atoms with Crippen molar-refractivity contribution in [3.63, 3.8) is 0 Å². The van der Waals surface area contributed by atoms with E-state index >= 15 is 0 Å². The number of para-hydroxylation sites is 1. The Morgan fingerprint density at radius 1 is 1.11 bits per heavy atom. The van der Waals surface area contributed by atoms with Crippen LogP contribution in [0, 0.1) is 0 Å². The molecular formula is C12H10F3N3. The Morgan fingerprint density at radius 3 is 2.56 bits per heavy atom. The van der Waals surface area contributed by atoms with Gasteiger partial charge in [-0.05, 0) is 12.1 Å². The average molecular weight is 253 g/mol. The van der Waals surface area contributed by atoms with E-state index in [1.807, 2.05) is 0 Å². The maximum atomic E-state index is 12.7. The molecule has 1 aromatic carbocycles. The van der Waals surface area contributed by atoms with Crippen molar-refractivity contribution in [1.29, 1.82) is 0 Å². The second-order valence-electron chi connectivity index (χ2n) is 3.59. The molecule has 2 aromatic rings. The Balaban J connectivity index is 2.15. The molecular weight excluding hydrogens is 243 g/mol. The molecule has 0 fully saturated rings. The molecule has 1 heterocycles. The monoisotopic (exact) mass is 253 g/mol. The van der Waals surface area contributed by atoms with Crippen LogP contribution in [0.2, 0.25) is 0 Å². The maximum absolute atomic E-state index is 12.7. The van der Waals surface area contributed by atoms with Gasteiger partial charge >= 0.3 is 6.18 Å². The number of hydrogen-bond acceptors (Lipinski definition) is 3. The summed E-state index contributed by atoms with van der Waals surface area (Å²) >= 11 is 0.